The lowest BCUT2D eigenvalue weighted by atomic mass is 10.1. The molecule has 0 spiro atoms. The molecule has 0 saturated carbocycles. The first-order valence-corrected chi connectivity index (χ1v) is 5.35. The van der Waals surface area contributed by atoms with Gasteiger partial charge in [0.15, 0.2) is 0 Å². The monoisotopic (exact) mass is 241 g/mol. The Morgan fingerprint density at radius 1 is 1.61 bits per heavy atom. The number of nitriles is 1. The summed E-state index contributed by atoms with van der Waals surface area (Å²) < 4.78 is 4.74. The molecule has 0 radical (unpaired) electrons. The van der Waals surface area contributed by atoms with Gasteiger partial charge in [-0.2, -0.15) is 10.4 Å². The number of hydrogen-bond acceptors (Lipinski definition) is 4. The molecule has 1 aromatic heterocycles. The van der Waals surface area contributed by atoms with E-state index in [0.717, 1.165) is 16.5 Å². The summed E-state index contributed by atoms with van der Waals surface area (Å²) in [5, 5.41) is 15.9. The third-order valence-electron chi connectivity index (χ3n) is 2.51. The van der Waals surface area contributed by atoms with Crippen LogP contribution < -0.4 is 0 Å². The molecule has 0 atom stereocenters. The first kappa shape index (κ1) is 11.9. The Kier molecular flexibility index (Phi) is 3.39. The molecular weight excluding hydrogens is 230 g/mol. The van der Waals surface area contributed by atoms with Crippen molar-refractivity contribution < 1.29 is 9.53 Å². The molecule has 2 aromatic rings. The highest BCUT2D eigenvalue weighted by molar-refractivity contribution is 6.04. The molecule has 5 heteroatoms. The highest BCUT2D eigenvalue weighted by Crippen LogP contribution is 2.20. The van der Waals surface area contributed by atoms with Crippen LogP contribution in [-0.4, -0.2) is 23.3 Å². The second kappa shape index (κ2) is 5.15. The van der Waals surface area contributed by atoms with E-state index >= 15 is 0 Å². The first-order valence-electron chi connectivity index (χ1n) is 5.35. The van der Waals surface area contributed by atoms with Gasteiger partial charge in [-0.05, 0) is 17.7 Å². The average molecular weight is 241 g/mol. The molecule has 5 nitrogen and oxygen atoms in total. The highest BCUT2D eigenvalue weighted by Gasteiger charge is 2.12. The molecular formula is C13H11N3O2. The maximum absolute atomic E-state index is 11.7. The summed E-state index contributed by atoms with van der Waals surface area (Å²) in [5.41, 5.74) is 2.04. The summed E-state index contributed by atoms with van der Waals surface area (Å²) in [4.78, 5) is 11.7. The zero-order valence-corrected chi connectivity index (χ0v) is 9.80. The van der Waals surface area contributed by atoms with Crippen LogP contribution in [0.4, 0.5) is 0 Å². The number of nitrogens with one attached hydrogen (secondary N) is 1. The number of H-pyrrole nitrogens is 1. The van der Waals surface area contributed by atoms with Crippen molar-refractivity contribution in [1.82, 2.24) is 10.2 Å². The number of rotatable bonds is 3. The van der Waals surface area contributed by atoms with E-state index in [1.165, 1.54) is 7.11 Å². The van der Waals surface area contributed by atoms with Crippen molar-refractivity contribution in [2.45, 2.75) is 6.42 Å². The maximum Gasteiger partial charge on any atom is 0.338 e. The molecule has 0 unspecified atom stereocenters. The van der Waals surface area contributed by atoms with Crippen molar-refractivity contribution >= 4 is 22.9 Å². The number of fused-ring (bicyclic) bond motifs is 1. The van der Waals surface area contributed by atoms with Crippen LogP contribution in [0.5, 0.6) is 0 Å². The minimum absolute atomic E-state index is 0.328. The first-order chi connectivity index (χ1) is 8.76. The zero-order chi connectivity index (χ0) is 13.0. The molecule has 1 aromatic carbocycles. The molecule has 0 aliphatic heterocycles. The minimum atomic E-state index is -0.406. The van der Waals surface area contributed by atoms with Gasteiger partial charge in [0.05, 0.1) is 36.9 Å². The van der Waals surface area contributed by atoms with E-state index in [1.807, 2.05) is 12.1 Å². The number of carbonyl (C=O) groups excluding carboxylic acids is 1. The van der Waals surface area contributed by atoms with Gasteiger partial charge < -0.3 is 4.74 Å². The van der Waals surface area contributed by atoms with Gasteiger partial charge in [-0.15, -0.1) is 0 Å². The predicted molar refractivity (Wildman–Crippen MR) is 66.7 cm³/mol. The van der Waals surface area contributed by atoms with E-state index < -0.39 is 5.97 Å². The van der Waals surface area contributed by atoms with Crippen LogP contribution in [0, 0.1) is 11.3 Å². The van der Waals surface area contributed by atoms with Gasteiger partial charge in [0.2, 0.25) is 0 Å². The van der Waals surface area contributed by atoms with Crippen LogP contribution in [0.3, 0.4) is 0 Å². The molecule has 2 rings (SSSR count). The van der Waals surface area contributed by atoms with E-state index in [2.05, 4.69) is 10.2 Å². The van der Waals surface area contributed by atoms with Gasteiger partial charge in [-0.3, -0.25) is 5.10 Å². The maximum atomic E-state index is 11.7. The van der Waals surface area contributed by atoms with Gasteiger partial charge in [0.25, 0.3) is 0 Å². The molecule has 90 valence electrons. The van der Waals surface area contributed by atoms with Crippen molar-refractivity contribution in [1.29, 1.82) is 5.26 Å². The summed E-state index contributed by atoms with van der Waals surface area (Å²) in [6.07, 6.45) is 5.44. The summed E-state index contributed by atoms with van der Waals surface area (Å²) in [5.74, 6) is -0.406. The fourth-order valence-electron chi connectivity index (χ4n) is 1.70. The number of benzene rings is 1. The Hall–Kier alpha value is -2.61. The molecule has 18 heavy (non-hydrogen) atoms. The van der Waals surface area contributed by atoms with E-state index in [4.69, 9.17) is 10.00 Å². The largest absolute Gasteiger partial charge is 0.465 e. The van der Waals surface area contributed by atoms with Gasteiger partial charge in [-0.1, -0.05) is 12.2 Å². The number of aromatic amines is 1. The number of nitrogens with zero attached hydrogens (tertiary/aromatic N) is 2. The van der Waals surface area contributed by atoms with E-state index in [0.29, 0.717) is 12.0 Å². The van der Waals surface area contributed by atoms with E-state index in [1.54, 1.807) is 24.4 Å². The van der Waals surface area contributed by atoms with Crippen molar-refractivity contribution in [2.24, 2.45) is 0 Å². The number of carbonyl (C=O) groups is 1. The molecule has 0 fully saturated rings. The SMILES string of the molecule is COC(=O)c1cc(C=CCC#N)cc2[nH]ncc12. The summed E-state index contributed by atoms with van der Waals surface area (Å²) >= 11 is 0. The topological polar surface area (TPSA) is 78.8 Å². The quantitative estimate of drug-likeness (QED) is 0.836. The van der Waals surface area contributed by atoms with Gasteiger partial charge in [-0.25, -0.2) is 4.79 Å². The number of ether oxygens (including phenoxy) is 1. The second-order valence-electron chi connectivity index (χ2n) is 3.66. The van der Waals surface area contributed by atoms with E-state index in [-0.39, 0.29) is 0 Å². The lowest BCUT2D eigenvalue weighted by molar-refractivity contribution is 0.0603. The van der Waals surface area contributed by atoms with Crippen LogP contribution in [-0.2, 0) is 4.74 Å². The lowest BCUT2D eigenvalue weighted by Gasteiger charge is -2.02. The predicted octanol–water partition coefficient (Wildman–Crippen LogP) is 2.28. The summed E-state index contributed by atoms with van der Waals surface area (Å²) in [6, 6.07) is 5.60. The molecule has 0 amide bonds. The molecule has 0 aliphatic carbocycles. The van der Waals surface area contributed by atoms with Crippen LogP contribution in [0.2, 0.25) is 0 Å². The number of esters is 1. The smallest absolute Gasteiger partial charge is 0.338 e. The fraction of sp³-hybridized carbons (Fsp3) is 0.154. The minimum Gasteiger partial charge on any atom is -0.465 e. The number of allylic oxidation sites excluding steroid dienone is 1. The van der Waals surface area contributed by atoms with Crippen LogP contribution in [0.15, 0.2) is 24.4 Å². The van der Waals surface area contributed by atoms with Crippen LogP contribution >= 0.6 is 0 Å². The van der Waals surface area contributed by atoms with Gasteiger partial charge in [0.1, 0.15) is 0 Å². The Morgan fingerprint density at radius 2 is 2.44 bits per heavy atom. The standard InChI is InChI=1S/C13H11N3O2/c1-18-13(17)10-6-9(4-2-3-5-14)7-12-11(10)8-15-16-12/h2,4,6-8H,3H2,1H3,(H,15,16). The zero-order valence-electron chi connectivity index (χ0n) is 9.80. The van der Waals surface area contributed by atoms with Crippen molar-refractivity contribution in [3.05, 3.63) is 35.5 Å². The van der Waals surface area contributed by atoms with Gasteiger partial charge in [0, 0.05) is 5.39 Å². The third kappa shape index (κ3) is 2.23. The Balaban J connectivity index is 2.51. The number of methoxy groups -OCH3 is 1. The summed E-state index contributed by atoms with van der Waals surface area (Å²) in [7, 11) is 1.34. The average Bonchev–Trinajstić information content (AvgIpc) is 2.85. The lowest BCUT2D eigenvalue weighted by Crippen LogP contribution is -2.02. The Bertz CT molecular complexity index is 650. The van der Waals surface area contributed by atoms with Crippen LogP contribution in [0.25, 0.3) is 17.0 Å². The fourth-order valence-corrected chi connectivity index (χ4v) is 1.70. The van der Waals surface area contributed by atoms with E-state index in [9.17, 15) is 4.79 Å². The number of aromatic nitrogens is 2. The van der Waals surface area contributed by atoms with Gasteiger partial charge >= 0.3 is 5.97 Å². The van der Waals surface area contributed by atoms with Crippen LogP contribution in [0.1, 0.15) is 22.3 Å². The molecule has 0 aliphatic rings. The Morgan fingerprint density at radius 3 is 3.17 bits per heavy atom. The normalized spacial score (nSPS) is 10.7. The van der Waals surface area contributed by atoms with Crippen molar-refractivity contribution in [2.75, 3.05) is 7.11 Å². The van der Waals surface area contributed by atoms with Crippen molar-refractivity contribution in [3.8, 4) is 6.07 Å². The van der Waals surface area contributed by atoms with Crippen molar-refractivity contribution in [3.63, 3.8) is 0 Å². The molecule has 1 N–H and O–H groups in total. The molecule has 0 bridgehead atoms. The molecule has 0 saturated heterocycles. The summed E-state index contributed by atoms with van der Waals surface area (Å²) in [6.45, 7) is 0. The molecule has 1 heterocycles. The Labute approximate surface area is 104 Å². The number of hydrogen-bond donors (Lipinski definition) is 1. The second-order valence-corrected chi connectivity index (χ2v) is 3.66. The highest BCUT2D eigenvalue weighted by atomic mass is 16.5. The third-order valence-corrected chi connectivity index (χ3v) is 2.51.